The third kappa shape index (κ3) is 2.05. The third-order valence-electron chi connectivity index (χ3n) is 2.94. The maximum Gasteiger partial charge on any atom is 0.170 e. The number of Topliss-reactive ketones (excluding diaryl/α,β-unsaturated/α-hetero) is 1. The largest absolute Gasteiger partial charge is 0.341 e. The summed E-state index contributed by atoms with van der Waals surface area (Å²) in [6.07, 6.45) is 0.0471. The minimum Gasteiger partial charge on any atom is -0.341 e. The van der Waals surface area contributed by atoms with Gasteiger partial charge in [-0.1, -0.05) is 30.3 Å². The number of hydrogen-bond donors (Lipinski definition) is 0. The summed E-state index contributed by atoms with van der Waals surface area (Å²) in [5.74, 6) is -0.0298. The molecular weight excluding hydrogens is 209 g/mol. The van der Waals surface area contributed by atoms with Crippen molar-refractivity contribution < 1.29 is 4.79 Å². The minimum absolute atomic E-state index is 0.0298. The van der Waals surface area contributed by atoms with Gasteiger partial charge in [0.25, 0.3) is 0 Å². The van der Waals surface area contributed by atoms with Gasteiger partial charge in [0, 0.05) is 7.05 Å². The highest BCUT2D eigenvalue weighted by Crippen LogP contribution is 2.26. The summed E-state index contributed by atoms with van der Waals surface area (Å²) in [7, 11) is 7.31. The highest BCUT2D eigenvalue weighted by molar-refractivity contribution is 6.23. The van der Waals surface area contributed by atoms with E-state index in [1.54, 1.807) is 0 Å². The van der Waals surface area contributed by atoms with Crippen LogP contribution in [0.2, 0.25) is 6.32 Å². The molecule has 2 nitrogen and oxygen atoms in total. The summed E-state index contributed by atoms with van der Waals surface area (Å²) in [6.45, 7) is 2.01. The quantitative estimate of drug-likeness (QED) is 0.579. The molecule has 0 saturated heterocycles. The molecular formula is C14H14BNO. The lowest BCUT2D eigenvalue weighted by atomic mass is 9.99. The first kappa shape index (κ1) is 11.7. The van der Waals surface area contributed by atoms with Crippen LogP contribution in [0.1, 0.15) is 16.1 Å². The predicted molar refractivity (Wildman–Crippen MR) is 70.5 cm³/mol. The molecule has 0 unspecified atom stereocenters. The van der Waals surface area contributed by atoms with Crippen molar-refractivity contribution in [1.29, 1.82) is 0 Å². The van der Waals surface area contributed by atoms with Crippen molar-refractivity contribution in [1.82, 2.24) is 4.57 Å². The first-order valence-electron chi connectivity index (χ1n) is 5.60. The first-order chi connectivity index (χ1) is 8.15. The van der Waals surface area contributed by atoms with Gasteiger partial charge in [-0.05, 0) is 30.4 Å². The number of aryl methyl sites for hydroxylation is 1. The number of hydrogen-bond acceptors (Lipinski definition) is 1. The number of benzene rings is 1. The Balaban J connectivity index is 2.57. The van der Waals surface area contributed by atoms with E-state index in [9.17, 15) is 4.79 Å². The van der Waals surface area contributed by atoms with E-state index in [2.05, 4.69) is 0 Å². The molecule has 2 radical (unpaired) electrons. The van der Waals surface area contributed by atoms with E-state index in [4.69, 9.17) is 7.85 Å². The van der Waals surface area contributed by atoms with Crippen molar-refractivity contribution >= 4 is 13.6 Å². The molecule has 0 spiro atoms. The summed E-state index contributed by atoms with van der Waals surface area (Å²) in [5, 5.41) is 0. The molecule has 0 aliphatic heterocycles. The number of carbonyl (C=O) groups is 1. The Morgan fingerprint density at radius 2 is 1.94 bits per heavy atom. The lowest BCUT2D eigenvalue weighted by Gasteiger charge is -2.07. The zero-order valence-electron chi connectivity index (χ0n) is 10.1. The topological polar surface area (TPSA) is 22.0 Å². The molecule has 3 heteroatoms. The van der Waals surface area contributed by atoms with E-state index < -0.39 is 0 Å². The molecule has 0 aliphatic rings. The zero-order valence-corrected chi connectivity index (χ0v) is 10.1. The van der Waals surface area contributed by atoms with Gasteiger partial charge in [0.1, 0.15) is 0 Å². The van der Waals surface area contributed by atoms with Gasteiger partial charge in [-0.3, -0.25) is 4.79 Å². The molecule has 0 saturated carbocycles. The Hall–Kier alpha value is -1.77. The molecule has 84 valence electrons. The van der Waals surface area contributed by atoms with Gasteiger partial charge in [-0.15, -0.1) is 0 Å². The lowest BCUT2D eigenvalue weighted by molar-refractivity contribution is 0.101. The molecule has 0 aliphatic carbocycles. The summed E-state index contributed by atoms with van der Waals surface area (Å²) in [5.41, 5.74) is 3.95. The predicted octanol–water partition coefficient (Wildman–Crippen LogP) is 2.77. The van der Waals surface area contributed by atoms with E-state index in [0.717, 1.165) is 16.8 Å². The smallest absolute Gasteiger partial charge is 0.170 e. The van der Waals surface area contributed by atoms with Crippen LogP contribution in [-0.4, -0.2) is 18.2 Å². The number of rotatable bonds is 3. The fourth-order valence-electron chi connectivity index (χ4n) is 2.14. The molecule has 0 fully saturated rings. The van der Waals surface area contributed by atoms with Crippen LogP contribution in [0.3, 0.4) is 0 Å². The second-order valence-corrected chi connectivity index (χ2v) is 4.11. The van der Waals surface area contributed by atoms with E-state index in [1.807, 2.05) is 54.9 Å². The van der Waals surface area contributed by atoms with Crippen molar-refractivity contribution in [3.63, 3.8) is 0 Å². The molecule has 1 heterocycles. The molecule has 2 aromatic rings. The summed E-state index contributed by atoms with van der Waals surface area (Å²) in [4.78, 5) is 11.7. The van der Waals surface area contributed by atoms with Crippen molar-refractivity contribution in [3.05, 3.63) is 47.7 Å². The van der Waals surface area contributed by atoms with Crippen molar-refractivity contribution in [2.75, 3.05) is 0 Å². The second-order valence-electron chi connectivity index (χ2n) is 4.11. The highest BCUT2D eigenvalue weighted by atomic mass is 16.1. The third-order valence-corrected chi connectivity index (χ3v) is 2.94. The highest BCUT2D eigenvalue weighted by Gasteiger charge is 2.14. The summed E-state index contributed by atoms with van der Waals surface area (Å²) < 4.78 is 1.92. The molecule has 0 bridgehead atoms. The van der Waals surface area contributed by atoms with Gasteiger partial charge < -0.3 is 4.57 Å². The van der Waals surface area contributed by atoms with Gasteiger partial charge in [-0.25, -0.2) is 0 Å². The SMILES string of the molecule is [B]CC(=O)c1cc(C)c(-c2ccccc2)n1C. The maximum atomic E-state index is 11.7. The molecule has 2 rings (SSSR count). The molecule has 0 N–H and O–H groups in total. The second kappa shape index (κ2) is 4.62. The van der Waals surface area contributed by atoms with Crippen LogP contribution in [0.5, 0.6) is 0 Å². The van der Waals surface area contributed by atoms with Gasteiger partial charge in [0.2, 0.25) is 0 Å². The Morgan fingerprint density at radius 1 is 1.29 bits per heavy atom. The van der Waals surface area contributed by atoms with Gasteiger partial charge in [0.15, 0.2) is 5.78 Å². The Kier molecular flexibility index (Phi) is 3.18. The van der Waals surface area contributed by atoms with Crippen LogP contribution >= 0.6 is 0 Å². The van der Waals surface area contributed by atoms with Crippen LogP contribution < -0.4 is 0 Å². The van der Waals surface area contributed by atoms with Crippen molar-refractivity contribution in [2.45, 2.75) is 13.2 Å². The average molecular weight is 223 g/mol. The van der Waals surface area contributed by atoms with E-state index >= 15 is 0 Å². The number of aromatic nitrogens is 1. The Morgan fingerprint density at radius 3 is 2.53 bits per heavy atom. The maximum absolute atomic E-state index is 11.7. The first-order valence-corrected chi connectivity index (χ1v) is 5.60. The average Bonchev–Trinajstić information content (AvgIpc) is 2.65. The Bertz CT molecular complexity index is 543. The number of carbonyl (C=O) groups excluding carboxylic acids is 1. The van der Waals surface area contributed by atoms with E-state index in [-0.39, 0.29) is 12.1 Å². The van der Waals surface area contributed by atoms with Crippen LogP contribution in [-0.2, 0) is 7.05 Å². The minimum atomic E-state index is -0.0298. The van der Waals surface area contributed by atoms with Gasteiger partial charge in [-0.2, -0.15) is 0 Å². The van der Waals surface area contributed by atoms with Gasteiger partial charge in [0.05, 0.1) is 19.2 Å². The Labute approximate surface area is 103 Å². The van der Waals surface area contributed by atoms with Crippen LogP contribution in [0.4, 0.5) is 0 Å². The van der Waals surface area contributed by atoms with Gasteiger partial charge >= 0.3 is 0 Å². The standard InChI is InChI=1S/C14H14BNO/c1-10-8-12(13(17)9-15)16(2)14(10)11-6-4-3-5-7-11/h3-8H,9H2,1-2H3. The molecule has 0 amide bonds. The summed E-state index contributed by atoms with van der Waals surface area (Å²) in [6, 6.07) is 11.9. The van der Waals surface area contributed by atoms with Crippen LogP contribution in [0, 0.1) is 6.92 Å². The normalized spacial score (nSPS) is 10.5. The summed E-state index contributed by atoms with van der Waals surface area (Å²) >= 11 is 0. The van der Waals surface area contributed by atoms with Crippen molar-refractivity contribution in [3.8, 4) is 11.3 Å². The fourth-order valence-corrected chi connectivity index (χ4v) is 2.14. The van der Waals surface area contributed by atoms with Crippen molar-refractivity contribution in [2.24, 2.45) is 7.05 Å². The molecule has 17 heavy (non-hydrogen) atoms. The van der Waals surface area contributed by atoms with Crippen LogP contribution in [0.25, 0.3) is 11.3 Å². The molecule has 1 aromatic carbocycles. The van der Waals surface area contributed by atoms with Crippen LogP contribution in [0.15, 0.2) is 36.4 Å². The lowest BCUT2D eigenvalue weighted by Crippen LogP contribution is -2.05. The number of ketones is 1. The zero-order chi connectivity index (χ0) is 12.4. The van der Waals surface area contributed by atoms with E-state index in [0.29, 0.717) is 5.69 Å². The number of nitrogens with zero attached hydrogens (tertiary/aromatic N) is 1. The molecule has 1 aromatic heterocycles. The monoisotopic (exact) mass is 223 g/mol. The fraction of sp³-hybridized carbons (Fsp3) is 0.214. The molecule has 0 atom stereocenters. The van der Waals surface area contributed by atoms with E-state index in [1.165, 1.54) is 0 Å².